The van der Waals surface area contributed by atoms with E-state index in [1.807, 2.05) is 25.2 Å². The van der Waals surface area contributed by atoms with Crippen LogP contribution in [0.3, 0.4) is 0 Å². The molecule has 104 valence electrons. The Bertz CT molecular complexity index is 872. The van der Waals surface area contributed by atoms with E-state index in [9.17, 15) is 0 Å². The molecule has 1 aromatic heterocycles. The van der Waals surface area contributed by atoms with Gasteiger partial charge < -0.3 is 4.57 Å². The van der Waals surface area contributed by atoms with Crippen molar-refractivity contribution >= 4 is 11.0 Å². The van der Waals surface area contributed by atoms with Gasteiger partial charge in [0.05, 0.1) is 22.7 Å². The van der Waals surface area contributed by atoms with E-state index in [0.717, 1.165) is 16.9 Å². The van der Waals surface area contributed by atoms with Crippen LogP contribution in [0.25, 0.3) is 22.4 Å². The summed E-state index contributed by atoms with van der Waals surface area (Å²) in [5.41, 5.74) is 7.47. The fraction of sp³-hybridized carbons (Fsp3) is 0.222. The Balaban J connectivity index is 2.32. The molecule has 0 fully saturated rings. The molecule has 0 saturated heterocycles. The number of imidazole rings is 1. The van der Waals surface area contributed by atoms with Gasteiger partial charge in [-0.2, -0.15) is 5.26 Å². The number of hydrogen-bond donors (Lipinski definition) is 0. The number of benzene rings is 2. The van der Waals surface area contributed by atoms with Crippen molar-refractivity contribution in [2.24, 2.45) is 7.05 Å². The van der Waals surface area contributed by atoms with Crippen LogP contribution < -0.4 is 0 Å². The maximum Gasteiger partial charge on any atom is 0.141 e. The van der Waals surface area contributed by atoms with Crippen molar-refractivity contribution in [3.8, 4) is 17.5 Å². The number of nitrogens with zero attached hydrogens (tertiary/aromatic N) is 3. The van der Waals surface area contributed by atoms with E-state index < -0.39 is 0 Å². The maximum absolute atomic E-state index is 9.05. The molecule has 21 heavy (non-hydrogen) atoms. The van der Waals surface area contributed by atoms with Gasteiger partial charge in [0.15, 0.2) is 0 Å². The molecule has 0 atom stereocenters. The van der Waals surface area contributed by atoms with Crippen LogP contribution in [0.5, 0.6) is 0 Å². The van der Waals surface area contributed by atoms with Gasteiger partial charge in [-0.3, -0.25) is 0 Å². The summed E-state index contributed by atoms with van der Waals surface area (Å²) >= 11 is 0. The molecular formula is C18H17N3. The summed E-state index contributed by atoms with van der Waals surface area (Å²) in [7, 11) is 2.00. The average Bonchev–Trinajstić information content (AvgIpc) is 2.75. The summed E-state index contributed by atoms with van der Waals surface area (Å²) < 4.78 is 2.07. The molecule has 3 aromatic rings. The molecule has 0 radical (unpaired) electrons. The zero-order valence-electron chi connectivity index (χ0n) is 12.7. The van der Waals surface area contributed by atoms with Crippen LogP contribution in [0.15, 0.2) is 30.3 Å². The Morgan fingerprint density at radius 1 is 1.05 bits per heavy atom. The first-order chi connectivity index (χ1) is 10.0. The Hall–Kier alpha value is -2.60. The molecule has 0 unspecified atom stereocenters. The summed E-state index contributed by atoms with van der Waals surface area (Å²) in [6, 6.07) is 12.2. The number of aromatic nitrogens is 2. The van der Waals surface area contributed by atoms with Gasteiger partial charge in [0, 0.05) is 12.6 Å². The van der Waals surface area contributed by atoms with Gasteiger partial charge in [-0.15, -0.1) is 0 Å². The molecule has 0 bridgehead atoms. The first kappa shape index (κ1) is 13.4. The molecule has 3 nitrogen and oxygen atoms in total. The molecule has 2 aromatic carbocycles. The smallest absolute Gasteiger partial charge is 0.141 e. The number of aryl methyl sites for hydroxylation is 4. The first-order valence-electron chi connectivity index (χ1n) is 6.96. The largest absolute Gasteiger partial charge is 0.327 e. The van der Waals surface area contributed by atoms with E-state index in [4.69, 9.17) is 10.2 Å². The minimum Gasteiger partial charge on any atom is -0.327 e. The minimum atomic E-state index is 0.661. The van der Waals surface area contributed by atoms with Crippen molar-refractivity contribution in [2.75, 3.05) is 0 Å². The van der Waals surface area contributed by atoms with Crippen molar-refractivity contribution in [1.82, 2.24) is 9.55 Å². The molecule has 1 heterocycles. The highest BCUT2D eigenvalue weighted by Gasteiger charge is 2.14. The topological polar surface area (TPSA) is 41.6 Å². The predicted molar refractivity (Wildman–Crippen MR) is 85.1 cm³/mol. The summed E-state index contributed by atoms with van der Waals surface area (Å²) in [4.78, 5) is 4.76. The number of rotatable bonds is 1. The molecule has 0 saturated carbocycles. The van der Waals surface area contributed by atoms with Gasteiger partial charge >= 0.3 is 0 Å². The van der Waals surface area contributed by atoms with Gasteiger partial charge in [0.25, 0.3) is 0 Å². The van der Waals surface area contributed by atoms with Crippen molar-refractivity contribution in [3.63, 3.8) is 0 Å². The normalized spacial score (nSPS) is 10.8. The lowest BCUT2D eigenvalue weighted by Crippen LogP contribution is -1.97. The van der Waals surface area contributed by atoms with E-state index in [2.05, 4.69) is 43.5 Å². The van der Waals surface area contributed by atoms with Gasteiger partial charge in [0.1, 0.15) is 5.82 Å². The number of hydrogen-bond acceptors (Lipinski definition) is 2. The van der Waals surface area contributed by atoms with Crippen molar-refractivity contribution in [3.05, 3.63) is 52.6 Å². The van der Waals surface area contributed by atoms with Gasteiger partial charge in [-0.1, -0.05) is 17.7 Å². The molecule has 0 aliphatic heterocycles. The number of fused-ring (bicyclic) bond motifs is 1. The van der Waals surface area contributed by atoms with Crippen LogP contribution in [-0.4, -0.2) is 9.55 Å². The highest BCUT2D eigenvalue weighted by Crippen LogP contribution is 2.30. The molecule has 0 N–H and O–H groups in total. The molecule has 3 heteroatoms. The average molecular weight is 275 g/mol. The second-order valence-electron chi connectivity index (χ2n) is 5.58. The Labute approximate surface area is 124 Å². The van der Waals surface area contributed by atoms with Gasteiger partial charge in [-0.05, 0) is 50.1 Å². The third kappa shape index (κ3) is 2.09. The molecule has 0 aliphatic rings. The van der Waals surface area contributed by atoms with Gasteiger partial charge in [0.2, 0.25) is 0 Å². The second kappa shape index (κ2) is 4.75. The molecule has 0 spiro atoms. The fourth-order valence-electron chi connectivity index (χ4n) is 3.02. The second-order valence-corrected chi connectivity index (χ2v) is 5.58. The minimum absolute atomic E-state index is 0.661. The molecule has 3 rings (SSSR count). The summed E-state index contributed by atoms with van der Waals surface area (Å²) in [6.07, 6.45) is 0. The Morgan fingerprint density at radius 3 is 2.33 bits per heavy atom. The van der Waals surface area contributed by atoms with Crippen molar-refractivity contribution in [1.29, 1.82) is 5.26 Å². The molecular weight excluding hydrogens is 258 g/mol. The van der Waals surface area contributed by atoms with Crippen LogP contribution >= 0.6 is 0 Å². The lowest BCUT2D eigenvalue weighted by Gasteiger charge is -2.11. The third-order valence-corrected chi connectivity index (χ3v) is 3.91. The SMILES string of the molecule is Cc1cc(C)c(-c2nc3ccc(C#N)cc3n2C)c(C)c1. The third-order valence-electron chi connectivity index (χ3n) is 3.91. The fourth-order valence-corrected chi connectivity index (χ4v) is 3.02. The monoisotopic (exact) mass is 275 g/mol. The lowest BCUT2D eigenvalue weighted by atomic mass is 9.99. The Kier molecular flexibility index (Phi) is 3.03. The van der Waals surface area contributed by atoms with Crippen LogP contribution in [0.4, 0.5) is 0 Å². The Morgan fingerprint density at radius 2 is 1.71 bits per heavy atom. The molecule has 0 amide bonds. The van der Waals surface area contributed by atoms with Crippen LogP contribution in [0, 0.1) is 32.1 Å². The van der Waals surface area contributed by atoms with E-state index >= 15 is 0 Å². The highest BCUT2D eigenvalue weighted by atomic mass is 15.1. The van der Waals surface area contributed by atoms with Crippen molar-refractivity contribution < 1.29 is 0 Å². The zero-order chi connectivity index (χ0) is 15.1. The van der Waals surface area contributed by atoms with E-state index in [-0.39, 0.29) is 0 Å². The highest BCUT2D eigenvalue weighted by molar-refractivity contribution is 5.83. The maximum atomic E-state index is 9.05. The lowest BCUT2D eigenvalue weighted by molar-refractivity contribution is 0.954. The summed E-state index contributed by atoms with van der Waals surface area (Å²) in [5.74, 6) is 0.954. The first-order valence-corrected chi connectivity index (χ1v) is 6.96. The molecule has 0 aliphatic carbocycles. The summed E-state index contributed by atoms with van der Waals surface area (Å²) in [5, 5.41) is 9.05. The standard InChI is InChI=1S/C18H17N3/c1-11-7-12(2)17(13(3)8-11)18-20-15-6-5-14(10-19)9-16(15)21(18)4/h5-9H,1-4H3. The van der Waals surface area contributed by atoms with Crippen molar-refractivity contribution in [2.45, 2.75) is 20.8 Å². The predicted octanol–water partition coefficient (Wildman–Crippen LogP) is 4.04. The van der Waals surface area contributed by atoms with Gasteiger partial charge in [-0.25, -0.2) is 4.98 Å². The van der Waals surface area contributed by atoms with E-state index in [1.165, 1.54) is 22.3 Å². The van der Waals surface area contributed by atoms with E-state index in [0.29, 0.717) is 5.56 Å². The van der Waals surface area contributed by atoms with Crippen LogP contribution in [0.2, 0.25) is 0 Å². The number of nitriles is 1. The van der Waals surface area contributed by atoms with Crippen LogP contribution in [-0.2, 0) is 7.05 Å². The van der Waals surface area contributed by atoms with E-state index in [1.54, 1.807) is 0 Å². The quantitative estimate of drug-likeness (QED) is 0.672. The van der Waals surface area contributed by atoms with Crippen LogP contribution in [0.1, 0.15) is 22.3 Å². The summed E-state index contributed by atoms with van der Waals surface area (Å²) in [6.45, 7) is 6.35. The zero-order valence-corrected chi connectivity index (χ0v) is 12.7.